The number of fused-ring (bicyclic) bond motifs is 1. The Morgan fingerprint density at radius 3 is 2.38 bits per heavy atom. The van der Waals surface area contributed by atoms with Crippen molar-refractivity contribution in [2.75, 3.05) is 18.1 Å². The smallest absolute Gasteiger partial charge is 0.335 e. The molecule has 1 heterocycles. The van der Waals surface area contributed by atoms with E-state index in [9.17, 15) is 36.0 Å². The normalized spacial score (nSPS) is 12.6. The van der Waals surface area contributed by atoms with E-state index in [1.807, 2.05) is 30.3 Å². The lowest BCUT2D eigenvalue weighted by Crippen LogP contribution is -2.38. The number of hydrogen-bond acceptors (Lipinski definition) is 5. The Balaban J connectivity index is 1.80. The van der Waals surface area contributed by atoms with Crippen molar-refractivity contribution >= 4 is 26.6 Å². The molecule has 0 N–H and O–H groups in total. The fourth-order valence-corrected chi connectivity index (χ4v) is 5.41. The van der Waals surface area contributed by atoms with Crippen LogP contribution in [-0.4, -0.2) is 42.3 Å². The van der Waals surface area contributed by atoms with E-state index in [1.54, 1.807) is 31.2 Å². The Morgan fingerprint density at radius 1 is 1.05 bits per heavy atom. The Labute approximate surface area is 241 Å². The van der Waals surface area contributed by atoms with Gasteiger partial charge in [-0.1, -0.05) is 43.3 Å². The molecule has 0 spiro atoms. The molecule has 0 aliphatic carbocycles. The number of carbonyl (C=O) groups excluding carboxylic acids is 1. The van der Waals surface area contributed by atoms with E-state index in [-0.39, 0.29) is 23.6 Å². The standard InChI is InChI=1S/C31H27F4N3O3S/c1-3-42(40,41)15-14-38(29(39)17-22-10-13-27(32)26(16-22)31(33,34)35)20(2)25-18-24-6-4-5-7-28(24)37-30(25)23-11-8-21(19-36)9-12-23/h4-13,16,18,20H,3,14-15,17H2,1-2H3/t20-/m1/s1. The first kappa shape index (κ1) is 30.7. The molecule has 0 radical (unpaired) electrons. The Kier molecular flexibility index (Phi) is 8.97. The summed E-state index contributed by atoms with van der Waals surface area (Å²) >= 11 is 0. The summed E-state index contributed by atoms with van der Waals surface area (Å²) in [6, 6.07) is 19.5. The van der Waals surface area contributed by atoms with E-state index in [0.29, 0.717) is 40.0 Å². The number of alkyl halides is 3. The third-order valence-electron chi connectivity index (χ3n) is 7.05. The largest absolute Gasteiger partial charge is 0.419 e. The topological polar surface area (TPSA) is 91.1 Å². The number of aromatic nitrogens is 1. The summed E-state index contributed by atoms with van der Waals surface area (Å²) in [7, 11) is -3.51. The zero-order chi connectivity index (χ0) is 30.7. The van der Waals surface area contributed by atoms with Crippen molar-refractivity contribution in [3.05, 3.63) is 101 Å². The highest BCUT2D eigenvalue weighted by atomic mass is 32.2. The summed E-state index contributed by atoms with van der Waals surface area (Å²) in [5.41, 5.74) is 1.30. The van der Waals surface area contributed by atoms with Gasteiger partial charge in [-0.2, -0.15) is 18.4 Å². The van der Waals surface area contributed by atoms with Crippen LogP contribution in [0, 0.1) is 17.1 Å². The molecule has 0 aliphatic rings. The number of sulfone groups is 1. The average Bonchev–Trinajstić information content (AvgIpc) is 2.96. The van der Waals surface area contributed by atoms with Crippen LogP contribution in [0.2, 0.25) is 0 Å². The molecular weight excluding hydrogens is 570 g/mol. The molecule has 0 aliphatic heterocycles. The van der Waals surface area contributed by atoms with Crippen molar-refractivity contribution in [3.8, 4) is 17.3 Å². The van der Waals surface area contributed by atoms with Crippen LogP contribution in [0.5, 0.6) is 0 Å². The van der Waals surface area contributed by atoms with Crippen LogP contribution < -0.4 is 0 Å². The van der Waals surface area contributed by atoms with Gasteiger partial charge in [-0.25, -0.2) is 17.8 Å². The van der Waals surface area contributed by atoms with Gasteiger partial charge in [0.1, 0.15) is 5.82 Å². The zero-order valence-electron chi connectivity index (χ0n) is 22.8. The second-order valence-corrected chi connectivity index (χ2v) is 12.3. The maximum Gasteiger partial charge on any atom is 0.419 e. The predicted molar refractivity (Wildman–Crippen MR) is 151 cm³/mol. The SMILES string of the molecule is CCS(=O)(=O)CCN(C(=O)Cc1ccc(F)c(C(F)(F)F)c1)[C@H](C)c1cc2ccccc2nc1-c1ccc(C#N)cc1. The molecule has 42 heavy (non-hydrogen) atoms. The van der Waals surface area contributed by atoms with E-state index >= 15 is 0 Å². The molecule has 4 aromatic rings. The number of nitrogens with zero attached hydrogens (tertiary/aromatic N) is 3. The molecule has 0 saturated carbocycles. The molecule has 1 atom stereocenters. The van der Waals surface area contributed by atoms with E-state index in [0.717, 1.165) is 11.5 Å². The maximum absolute atomic E-state index is 13.9. The zero-order valence-corrected chi connectivity index (χ0v) is 23.6. The summed E-state index contributed by atoms with van der Waals surface area (Å²) in [4.78, 5) is 19.8. The van der Waals surface area contributed by atoms with Crippen molar-refractivity contribution < 1.29 is 30.8 Å². The first-order valence-corrected chi connectivity index (χ1v) is 14.9. The van der Waals surface area contributed by atoms with Crippen LogP contribution in [0.15, 0.2) is 72.8 Å². The van der Waals surface area contributed by atoms with Gasteiger partial charge in [0.25, 0.3) is 0 Å². The number of benzene rings is 3. The second kappa shape index (κ2) is 12.3. The molecule has 0 fully saturated rings. The number of nitriles is 1. The van der Waals surface area contributed by atoms with Gasteiger partial charge in [0.05, 0.1) is 46.6 Å². The van der Waals surface area contributed by atoms with Gasteiger partial charge in [0, 0.05) is 28.8 Å². The average molecular weight is 598 g/mol. The lowest BCUT2D eigenvalue weighted by Gasteiger charge is -2.31. The Hall–Kier alpha value is -4.30. The third kappa shape index (κ3) is 6.94. The number of amides is 1. The summed E-state index contributed by atoms with van der Waals surface area (Å²) in [5.74, 6) is -2.59. The first-order valence-electron chi connectivity index (χ1n) is 13.1. The molecule has 0 bridgehead atoms. The molecule has 4 rings (SSSR count). The lowest BCUT2D eigenvalue weighted by atomic mass is 9.96. The summed E-state index contributed by atoms with van der Waals surface area (Å²) in [6.07, 6.45) is -5.45. The molecule has 0 unspecified atom stereocenters. The molecule has 218 valence electrons. The summed E-state index contributed by atoms with van der Waals surface area (Å²) < 4.78 is 78.7. The van der Waals surface area contributed by atoms with Crippen LogP contribution in [0.1, 0.15) is 42.1 Å². The third-order valence-corrected chi connectivity index (χ3v) is 8.74. The van der Waals surface area contributed by atoms with Crippen LogP contribution in [0.3, 0.4) is 0 Å². The predicted octanol–water partition coefficient (Wildman–Crippen LogP) is 6.50. The molecular formula is C31H27F4N3O3S. The first-order chi connectivity index (χ1) is 19.8. The van der Waals surface area contributed by atoms with Gasteiger partial charge in [0.15, 0.2) is 9.84 Å². The maximum atomic E-state index is 13.9. The molecule has 6 nitrogen and oxygen atoms in total. The number of pyridine rings is 1. The highest BCUT2D eigenvalue weighted by Gasteiger charge is 2.35. The summed E-state index contributed by atoms with van der Waals surface area (Å²) in [6.45, 7) is 2.96. The highest BCUT2D eigenvalue weighted by molar-refractivity contribution is 7.91. The van der Waals surface area contributed by atoms with Gasteiger partial charge in [0.2, 0.25) is 5.91 Å². The second-order valence-electron chi connectivity index (χ2n) is 9.80. The van der Waals surface area contributed by atoms with E-state index < -0.39 is 45.8 Å². The monoisotopic (exact) mass is 597 g/mol. The Morgan fingerprint density at radius 2 is 1.74 bits per heavy atom. The van der Waals surface area contributed by atoms with E-state index in [4.69, 9.17) is 4.98 Å². The summed E-state index contributed by atoms with van der Waals surface area (Å²) in [5, 5.41) is 9.98. The van der Waals surface area contributed by atoms with Crippen molar-refractivity contribution in [3.63, 3.8) is 0 Å². The van der Waals surface area contributed by atoms with Crippen LogP contribution in [0.25, 0.3) is 22.2 Å². The van der Waals surface area contributed by atoms with Gasteiger partial charge >= 0.3 is 6.18 Å². The number of para-hydroxylation sites is 1. The van der Waals surface area contributed by atoms with Gasteiger partial charge < -0.3 is 4.90 Å². The van der Waals surface area contributed by atoms with Crippen molar-refractivity contribution in [2.24, 2.45) is 0 Å². The highest BCUT2D eigenvalue weighted by Crippen LogP contribution is 2.35. The number of rotatable bonds is 9. The van der Waals surface area contributed by atoms with Crippen LogP contribution >= 0.6 is 0 Å². The van der Waals surface area contributed by atoms with Crippen molar-refractivity contribution in [1.82, 2.24) is 9.88 Å². The molecule has 1 amide bonds. The number of halogens is 4. The minimum absolute atomic E-state index is 0.0618. The van der Waals surface area contributed by atoms with Crippen molar-refractivity contribution in [2.45, 2.75) is 32.5 Å². The minimum Gasteiger partial charge on any atom is -0.335 e. The van der Waals surface area contributed by atoms with Gasteiger partial charge in [-0.05, 0) is 48.9 Å². The quantitative estimate of drug-likeness (QED) is 0.206. The van der Waals surface area contributed by atoms with E-state index in [2.05, 4.69) is 6.07 Å². The molecule has 11 heteroatoms. The van der Waals surface area contributed by atoms with Crippen LogP contribution in [0.4, 0.5) is 17.6 Å². The molecule has 0 saturated heterocycles. The Bertz CT molecular complexity index is 1770. The minimum atomic E-state index is -4.95. The van der Waals surface area contributed by atoms with Crippen molar-refractivity contribution in [1.29, 1.82) is 5.26 Å². The molecule has 3 aromatic carbocycles. The van der Waals surface area contributed by atoms with E-state index in [1.165, 1.54) is 11.8 Å². The number of hydrogen-bond donors (Lipinski definition) is 0. The molecule has 1 aromatic heterocycles. The number of carbonyl (C=O) groups is 1. The fourth-order valence-electron chi connectivity index (χ4n) is 4.64. The van der Waals surface area contributed by atoms with Gasteiger partial charge in [-0.3, -0.25) is 4.79 Å². The lowest BCUT2D eigenvalue weighted by molar-refractivity contribution is -0.140. The van der Waals surface area contributed by atoms with Gasteiger partial charge in [-0.15, -0.1) is 0 Å². The van der Waals surface area contributed by atoms with Crippen LogP contribution in [-0.2, 0) is 27.2 Å². The fraction of sp³-hybridized carbons (Fsp3) is 0.258.